The molecule has 0 atom stereocenters. The van der Waals surface area contributed by atoms with E-state index in [2.05, 4.69) is 5.32 Å². The van der Waals surface area contributed by atoms with Crippen molar-refractivity contribution in [2.45, 2.75) is 58.3 Å². The lowest BCUT2D eigenvalue weighted by atomic mass is 9.49. The van der Waals surface area contributed by atoms with Crippen LogP contribution in [0.1, 0.15) is 67.8 Å². The molecular formula is C24H31NO4. The molecule has 0 saturated heterocycles. The minimum absolute atomic E-state index is 0.0194. The Hall–Kier alpha value is -2.17. The van der Waals surface area contributed by atoms with Crippen molar-refractivity contribution in [3.05, 3.63) is 35.4 Å². The van der Waals surface area contributed by atoms with Crippen molar-refractivity contribution in [2.75, 3.05) is 13.2 Å². The molecule has 1 aromatic rings. The highest BCUT2D eigenvalue weighted by atomic mass is 16.5. The van der Waals surface area contributed by atoms with Crippen molar-refractivity contribution in [1.29, 1.82) is 0 Å². The van der Waals surface area contributed by atoms with Gasteiger partial charge in [-0.05, 0) is 74.7 Å². The van der Waals surface area contributed by atoms with Gasteiger partial charge < -0.3 is 10.1 Å². The number of amides is 1. The van der Waals surface area contributed by atoms with Gasteiger partial charge in [-0.1, -0.05) is 24.3 Å². The summed E-state index contributed by atoms with van der Waals surface area (Å²) in [7, 11) is 0. The topological polar surface area (TPSA) is 72.5 Å². The summed E-state index contributed by atoms with van der Waals surface area (Å²) in [6.07, 6.45) is 8.41. The third kappa shape index (κ3) is 4.54. The second-order valence-corrected chi connectivity index (χ2v) is 9.48. The number of hydrogen-bond acceptors (Lipinski definition) is 4. The SMILES string of the molecule is CC(=O)NCCCc1ccc(C(=O)COC(=O)C23CC4CC(CC(C4)C2)C3)cc1. The van der Waals surface area contributed by atoms with Gasteiger partial charge in [0.25, 0.3) is 0 Å². The maximum Gasteiger partial charge on any atom is 0.312 e. The van der Waals surface area contributed by atoms with Gasteiger partial charge in [0, 0.05) is 19.0 Å². The normalized spacial score (nSPS) is 29.5. The molecule has 1 N–H and O–H groups in total. The van der Waals surface area contributed by atoms with Gasteiger partial charge in [0.1, 0.15) is 0 Å². The maximum atomic E-state index is 12.9. The van der Waals surface area contributed by atoms with Crippen molar-refractivity contribution < 1.29 is 19.1 Å². The van der Waals surface area contributed by atoms with Crippen LogP contribution in [0.3, 0.4) is 0 Å². The molecule has 0 aliphatic heterocycles. The van der Waals surface area contributed by atoms with Crippen LogP contribution in [0.15, 0.2) is 24.3 Å². The largest absolute Gasteiger partial charge is 0.457 e. The summed E-state index contributed by atoms with van der Waals surface area (Å²) >= 11 is 0. The number of aryl methyl sites for hydroxylation is 1. The van der Waals surface area contributed by atoms with Gasteiger partial charge in [-0.2, -0.15) is 0 Å². The molecule has 0 aromatic heterocycles. The molecule has 5 heteroatoms. The van der Waals surface area contributed by atoms with Crippen LogP contribution in [0.2, 0.25) is 0 Å². The van der Waals surface area contributed by atoms with E-state index in [-0.39, 0.29) is 29.7 Å². The zero-order valence-corrected chi connectivity index (χ0v) is 17.2. The Morgan fingerprint density at radius 3 is 2.14 bits per heavy atom. The van der Waals surface area contributed by atoms with E-state index in [1.807, 2.05) is 12.1 Å². The summed E-state index contributed by atoms with van der Waals surface area (Å²) in [6.45, 7) is 2.00. The number of carbonyl (C=O) groups is 3. The first kappa shape index (κ1) is 20.1. The minimum atomic E-state index is -0.313. The van der Waals surface area contributed by atoms with Gasteiger partial charge in [-0.3, -0.25) is 14.4 Å². The lowest BCUT2D eigenvalue weighted by molar-refractivity contribution is -0.170. The molecule has 29 heavy (non-hydrogen) atoms. The van der Waals surface area contributed by atoms with Crippen molar-refractivity contribution in [3.63, 3.8) is 0 Å². The Morgan fingerprint density at radius 1 is 1.00 bits per heavy atom. The Balaban J connectivity index is 1.26. The van der Waals surface area contributed by atoms with E-state index >= 15 is 0 Å². The van der Waals surface area contributed by atoms with E-state index in [0.717, 1.165) is 37.7 Å². The quantitative estimate of drug-likeness (QED) is 0.412. The summed E-state index contributed by atoms with van der Waals surface area (Å²) in [5.74, 6) is 1.74. The summed E-state index contributed by atoms with van der Waals surface area (Å²) in [6, 6.07) is 7.47. The highest BCUT2D eigenvalue weighted by Crippen LogP contribution is 2.60. The van der Waals surface area contributed by atoms with Crippen LogP contribution >= 0.6 is 0 Å². The van der Waals surface area contributed by atoms with E-state index < -0.39 is 0 Å². The Morgan fingerprint density at radius 2 is 1.59 bits per heavy atom. The van der Waals surface area contributed by atoms with Crippen LogP contribution in [0.5, 0.6) is 0 Å². The van der Waals surface area contributed by atoms with E-state index in [0.29, 0.717) is 29.9 Å². The van der Waals surface area contributed by atoms with Gasteiger partial charge >= 0.3 is 5.97 Å². The molecule has 4 aliphatic carbocycles. The predicted octanol–water partition coefficient (Wildman–Crippen LogP) is 3.70. The van der Waals surface area contributed by atoms with E-state index in [1.54, 1.807) is 12.1 Å². The first-order valence-corrected chi connectivity index (χ1v) is 11.0. The van der Waals surface area contributed by atoms with E-state index in [1.165, 1.54) is 26.2 Å². The van der Waals surface area contributed by atoms with Crippen LogP contribution < -0.4 is 5.32 Å². The van der Waals surface area contributed by atoms with Crippen molar-refractivity contribution in [2.24, 2.45) is 23.2 Å². The standard InChI is InChI=1S/C24H31NO4/c1-16(26)25-8-2-3-17-4-6-21(7-5-17)22(27)15-29-23(28)24-12-18-9-19(13-24)11-20(10-18)14-24/h4-7,18-20H,2-3,8-15H2,1H3,(H,25,26). The minimum Gasteiger partial charge on any atom is -0.457 e. The van der Waals surface area contributed by atoms with Crippen LogP contribution in [-0.4, -0.2) is 30.8 Å². The maximum absolute atomic E-state index is 12.9. The first-order chi connectivity index (χ1) is 13.9. The van der Waals surface area contributed by atoms with Crippen LogP contribution in [-0.2, 0) is 20.7 Å². The number of ether oxygens (including phenoxy) is 1. The summed E-state index contributed by atoms with van der Waals surface area (Å²) in [5.41, 5.74) is 1.39. The number of carbonyl (C=O) groups excluding carboxylic acids is 3. The average Bonchev–Trinajstić information content (AvgIpc) is 2.68. The van der Waals surface area contributed by atoms with Gasteiger partial charge in [-0.15, -0.1) is 0 Å². The smallest absolute Gasteiger partial charge is 0.312 e. The Bertz CT molecular complexity index is 747. The molecule has 1 aromatic carbocycles. The number of ketones is 1. The predicted molar refractivity (Wildman–Crippen MR) is 109 cm³/mol. The van der Waals surface area contributed by atoms with Crippen LogP contribution in [0.4, 0.5) is 0 Å². The molecule has 4 aliphatic rings. The van der Waals surface area contributed by atoms with Crippen LogP contribution in [0, 0.1) is 23.2 Å². The second-order valence-electron chi connectivity index (χ2n) is 9.48. The number of nitrogens with one attached hydrogen (secondary N) is 1. The molecule has 0 radical (unpaired) electrons. The number of hydrogen-bond donors (Lipinski definition) is 1. The average molecular weight is 398 g/mol. The third-order valence-electron chi connectivity index (χ3n) is 7.10. The summed E-state index contributed by atoms with van der Waals surface area (Å²) < 4.78 is 5.55. The fourth-order valence-corrected chi connectivity index (χ4v) is 6.14. The molecule has 0 unspecified atom stereocenters. The molecule has 0 heterocycles. The number of Topliss-reactive ketones (excluding diaryl/α,β-unsaturated/α-hetero) is 1. The highest BCUT2D eigenvalue weighted by molar-refractivity contribution is 5.98. The lowest BCUT2D eigenvalue weighted by Gasteiger charge is -2.55. The van der Waals surface area contributed by atoms with Crippen molar-refractivity contribution in [1.82, 2.24) is 5.32 Å². The number of esters is 1. The van der Waals surface area contributed by atoms with Crippen molar-refractivity contribution >= 4 is 17.7 Å². The molecular weight excluding hydrogens is 366 g/mol. The van der Waals surface area contributed by atoms with Gasteiger partial charge in [0.2, 0.25) is 5.91 Å². The fraction of sp³-hybridized carbons (Fsp3) is 0.625. The molecule has 1 amide bonds. The molecule has 5 nitrogen and oxygen atoms in total. The monoisotopic (exact) mass is 397 g/mol. The third-order valence-corrected chi connectivity index (χ3v) is 7.10. The van der Waals surface area contributed by atoms with E-state index in [9.17, 15) is 14.4 Å². The molecule has 4 fully saturated rings. The zero-order chi connectivity index (χ0) is 20.4. The molecule has 4 saturated carbocycles. The fourth-order valence-electron chi connectivity index (χ4n) is 6.14. The summed E-state index contributed by atoms with van der Waals surface area (Å²) in [5, 5.41) is 2.78. The summed E-state index contributed by atoms with van der Waals surface area (Å²) in [4.78, 5) is 36.3. The molecule has 4 bridgehead atoms. The van der Waals surface area contributed by atoms with Crippen LogP contribution in [0.25, 0.3) is 0 Å². The van der Waals surface area contributed by atoms with E-state index in [4.69, 9.17) is 4.74 Å². The lowest BCUT2D eigenvalue weighted by Crippen LogP contribution is -2.50. The molecule has 5 rings (SSSR count). The Kier molecular flexibility index (Phi) is 5.75. The van der Waals surface area contributed by atoms with Crippen molar-refractivity contribution in [3.8, 4) is 0 Å². The number of rotatable bonds is 8. The van der Waals surface area contributed by atoms with Gasteiger partial charge in [-0.25, -0.2) is 0 Å². The second kappa shape index (κ2) is 8.29. The van der Waals surface area contributed by atoms with Gasteiger partial charge in [0.15, 0.2) is 12.4 Å². The van der Waals surface area contributed by atoms with Gasteiger partial charge in [0.05, 0.1) is 5.41 Å². The molecule has 0 spiro atoms. The zero-order valence-electron chi connectivity index (χ0n) is 17.2. The number of benzene rings is 1. The molecule has 156 valence electrons. The highest BCUT2D eigenvalue weighted by Gasteiger charge is 2.55. The Labute approximate surface area is 172 Å². The first-order valence-electron chi connectivity index (χ1n) is 11.0.